The van der Waals surface area contributed by atoms with Gasteiger partial charge in [0, 0.05) is 0 Å². The highest BCUT2D eigenvalue weighted by molar-refractivity contribution is 4.46. The molecule has 0 aromatic carbocycles. The molecule has 0 aliphatic heterocycles. The van der Waals surface area contributed by atoms with Crippen LogP contribution in [0.5, 0.6) is 0 Å². The van der Waals surface area contributed by atoms with Crippen LogP contribution in [0, 0.1) is 0 Å². The van der Waals surface area contributed by atoms with Gasteiger partial charge in [-0.15, -0.1) is 0 Å². The van der Waals surface area contributed by atoms with Crippen molar-refractivity contribution in [2.75, 3.05) is 0 Å². The first-order valence-electron chi connectivity index (χ1n) is 4.37. The minimum atomic E-state index is -0.0324. The van der Waals surface area contributed by atoms with Gasteiger partial charge >= 0.3 is 0 Å². The van der Waals surface area contributed by atoms with Crippen molar-refractivity contribution < 1.29 is 9.47 Å². The van der Waals surface area contributed by atoms with Crippen LogP contribution in [0.25, 0.3) is 0 Å². The van der Waals surface area contributed by atoms with E-state index in [9.17, 15) is 0 Å². The van der Waals surface area contributed by atoms with E-state index in [0.717, 1.165) is 6.42 Å². The monoisotopic (exact) mass is 160 g/mol. The second-order valence-electron chi connectivity index (χ2n) is 3.21. The number of ether oxygens (including phenoxy) is 2. The fourth-order valence-electron chi connectivity index (χ4n) is 0.832. The Kier molecular flexibility index (Phi) is 5.51. The normalized spacial score (nSPS) is 12.0. The molecule has 68 valence electrons. The third-order valence-electron chi connectivity index (χ3n) is 1.18. The van der Waals surface area contributed by atoms with Gasteiger partial charge < -0.3 is 9.47 Å². The van der Waals surface area contributed by atoms with Crippen LogP contribution in [0.15, 0.2) is 0 Å². The summed E-state index contributed by atoms with van der Waals surface area (Å²) in [6.45, 7) is 10.1. The Bertz CT molecular complexity index is 79.6. The van der Waals surface area contributed by atoms with Gasteiger partial charge in [-0.05, 0) is 34.1 Å². The predicted molar refractivity (Wildman–Crippen MR) is 46.5 cm³/mol. The Labute approximate surface area is 69.9 Å². The molecule has 0 saturated carbocycles. The second-order valence-corrected chi connectivity index (χ2v) is 3.21. The van der Waals surface area contributed by atoms with E-state index in [0.29, 0.717) is 0 Å². The number of hydrogen-bond acceptors (Lipinski definition) is 2. The molecule has 0 rings (SSSR count). The molecule has 0 aromatic heterocycles. The molecule has 0 heterocycles. The molecule has 0 amide bonds. The molecule has 2 heteroatoms. The molecule has 0 bridgehead atoms. The van der Waals surface area contributed by atoms with Crippen LogP contribution in [0.1, 0.15) is 41.0 Å². The minimum absolute atomic E-state index is 0.0324. The molecule has 0 saturated heterocycles. The fourth-order valence-corrected chi connectivity index (χ4v) is 0.832. The number of hydrogen-bond donors (Lipinski definition) is 0. The van der Waals surface area contributed by atoms with Gasteiger partial charge in [0.15, 0.2) is 6.29 Å². The highest BCUT2D eigenvalue weighted by Gasteiger charge is 2.09. The van der Waals surface area contributed by atoms with Gasteiger partial charge in [0.2, 0.25) is 0 Å². The largest absolute Gasteiger partial charge is 0.350 e. The quantitative estimate of drug-likeness (QED) is 0.575. The van der Waals surface area contributed by atoms with Crippen LogP contribution < -0.4 is 0 Å². The minimum Gasteiger partial charge on any atom is -0.350 e. The standard InChI is InChI=1S/C9H20O2/c1-6-9(10-7(2)3)11-8(4)5/h7-9H,6H2,1-5H3. The predicted octanol–water partition coefficient (Wildman–Crippen LogP) is 2.57. The van der Waals surface area contributed by atoms with Crippen molar-refractivity contribution in [3.05, 3.63) is 0 Å². The highest BCUT2D eigenvalue weighted by atomic mass is 16.7. The zero-order valence-corrected chi connectivity index (χ0v) is 8.26. The van der Waals surface area contributed by atoms with Crippen molar-refractivity contribution in [3.8, 4) is 0 Å². The topological polar surface area (TPSA) is 18.5 Å². The zero-order valence-electron chi connectivity index (χ0n) is 8.26. The van der Waals surface area contributed by atoms with E-state index in [1.165, 1.54) is 0 Å². The summed E-state index contributed by atoms with van der Waals surface area (Å²) in [7, 11) is 0. The van der Waals surface area contributed by atoms with Crippen LogP contribution in [-0.4, -0.2) is 18.5 Å². The summed E-state index contributed by atoms with van der Waals surface area (Å²) in [6.07, 6.45) is 1.38. The van der Waals surface area contributed by atoms with Crippen LogP contribution in [0.2, 0.25) is 0 Å². The van der Waals surface area contributed by atoms with Gasteiger partial charge in [-0.25, -0.2) is 0 Å². The molecule has 0 unspecified atom stereocenters. The van der Waals surface area contributed by atoms with Gasteiger partial charge in [-0.3, -0.25) is 0 Å². The van der Waals surface area contributed by atoms with Crippen LogP contribution in [0.4, 0.5) is 0 Å². The SMILES string of the molecule is CCC(OC(C)C)OC(C)C. The highest BCUT2D eigenvalue weighted by Crippen LogP contribution is 2.06. The Hall–Kier alpha value is -0.0800. The third-order valence-corrected chi connectivity index (χ3v) is 1.18. The maximum absolute atomic E-state index is 5.49. The van der Waals surface area contributed by atoms with Crippen molar-refractivity contribution in [2.45, 2.75) is 59.5 Å². The van der Waals surface area contributed by atoms with Gasteiger partial charge in [-0.2, -0.15) is 0 Å². The average molecular weight is 160 g/mol. The summed E-state index contributed by atoms with van der Waals surface area (Å²) in [5.74, 6) is 0. The van der Waals surface area contributed by atoms with E-state index in [-0.39, 0.29) is 18.5 Å². The first kappa shape index (κ1) is 10.9. The molecule has 2 nitrogen and oxygen atoms in total. The van der Waals surface area contributed by atoms with Crippen molar-refractivity contribution in [1.82, 2.24) is 0 Å². The van der Waals surface area contributed by atoms with Crippen LogP contribution in [0.3, 0.4) is 0 Å². The molecule has 11 heavy (non-hydrogen) atoms. The Morgan fingerprint density at radius 2 is 1.27 bits per heavy atom. The van der Waals surface area contributed by atoms with Gasteiger partial charge in [-0.1, -0.05) is 6.92 Å². The smallest absolute Gasteiger partial charge is 0.158 e. The maximum atomic E-state index is 5.49. The van der Waals surface area contributed by atoms with Crippen molar-refractivity contribution in [1.29, 1.82) is 0 Å². The molecule has 0 aliphatic rings. The lowest BCUT2D eigenvalue weighted by atomic mass is 10.4. The second kappa shape index (κ2) is 5.56. The van der Waals surface area contributed by atoms with Crippen molar-refractivity contribution in [2.24, 2.45) is 0 Å². The van der Waals surface area contributed by atoms with E-state index in [1.807, 2.05) is 27.7 Å². The van der Waals surface area contributed by atoms with Crippen molar-refractivity contribution in [3.63, 3.8) is 0 Å². The Balaban J connectivity index is 3.58. The molecule has 0 aromatic rings. The lowest BCUT2D eigenvalue weighted by Gasteiger charge is -2.21. The summed E-state index contributed by atoms with van der Waals surface area (Å²) in [5, 5.41) is 0. The number of rotatable bonds is 5. The Morgan fingerprint density at radius 1 is 0.909 bits per heavy atom. The van der Waals surface area contributed by atoms with Crippen molar-refractivity contribution >= 4 is 0 Å². The summed E-state index contributed by atoms with van der Waals surface area (Å²) < 4.78 is 11.0. The molecule has 0 fully saturated rings. The van der Waals surface area contributed by atoms with E-state index in [4.69, 9.17) is 9.47 Å². The van der Waals surface area contributed by atoms with Crippen LogP contribution in [-0.2, 0) is 9.47 Å². The Morgan fingerprint density at radius 3 is 1.45 bits per heavy atom. The van der Waals surface area contributed by atoms with Gasteiger partial charge in [0.05, 0.1) is 12.2 Å². The van der Waals surface area contributed by atoms with E-state index >= 15 is 0 Å². The molecular formula is C9H20O2. The average Bonchev–Trinajstić information content (AvgIpc) is 1.84. The molecule has 0 spiro atoms. The lowest BCUT2D eigenvalue weighted by molar-refractivity contribution is -0.181. The van der Waals surface area contributed by atoms with E-state index < -0.39 is 0 Å². The molecule has 0 aliphatic carbocycles. The fraction of sp³-hybridized carbons (Fsp3) is 1.00. The maximum Gasteiger partial charge on any atom is 0.158 e. The lowest BCUT2D eigenvalue weighted by Crippen LogP contribution is -2.23. The van der Waals surface area contributed by atoms with Crippen LogP contribution >= 0.6 is 0 Å². The third kappa shape index (κ3) is 6.32. The summed E-state index contributed by atoms with van der Waals surface area (Å²) >= 11 is 0. The van der Waals surface area contributed by atoms with E-state index in [2.05, 4.69) is 6.92 Å². The summed E-state index contributed by atoms with van der Waals surface area (Å²) in [5.41, 5.74) is 0. The first-order valence-corrected chi connectivity index (χ1v) is 4.37. The first-order chi connectivity index (χ1) is 5.06. The molecule has 0 N–H and O–H groups in total. The zero-order chi connectivity index (χ0) is 8.85. The van der Waals surface area contributed by atoms with Gasteiger partial charge in [0.1, 0.15) is 0 Å². The summed E-state index contributed by atoms with van der Waals surface area (Å²) in [6, 6.07) is 0. The molecule has 0 atom stereocenters. The van der Waals surface area contributed by atoms with E-state index in [1.54, 1.807) is 0 Å². The molecular weight excluding hydrogens is 140 g/mol. The molecule has 0 radical (unpaired) electrons. The van der Waals surface area contributed by atoms with Gasteiger partial charge in [0.25, 0.3) is 0 Å². The summed E-state index contributed by atoms with van der Waals surface area (Å²) in [4.78, 5) is 0.